The van der Waals surface area contributed by atoms with Gasteiger partial charge in [-0.25, -0.2) is 9.97 Å². The number of aromatic nitrogens is 3. The van der Waals surface area contributed by atoms with E-state index >= 15 is 0 Å². The van der Waals surface area contributed by atoms with Crippen molar-refractivity contribution in [1.82, 2.24) is 20.3 Å². The van der Waals surface area contributed by atoms with Crippen LogP contribution >= 0.6 is 0 Å². The third-order valence-electron chi connectivity index (χ3n) is 2.43. The third-order valence-corrected chi connectivity index (χ3v) is 2.43. The Hall–Kier alpha value is -1.42. The van der Waals surface area contributed by atoms with Gasteiger partial charge in [-0.2, -0.15) is 0 Å². The molecule has 2 aromatic heterocycles. The average molecular weight is 204 g/mol. The van der Waals surface area contributed by atoms with E-state index in [0.717, 1.165) is 11.0 Å². The number of piperidine rings is 1. The molecular formula is C11H16N4. The molecule has 1 aliphatic heterocycles. The van der Waals surface area contributed by atoms with E-state index in [4.69, 9.17) is 0 Å². The van der Waals surface area contributed by atoms with Crippen LogP contribution in [-0.4, -0.2) is 28.0 Å². The van der Waals surface area contributed by atoms with Crippen LogP contribution < -0.4 is 5.32 Å². The lowest BCUT2D eigenvalue weighted by Gasteiger charge is -2.08. The Morgan fingerprint density at radius 3 is 2.60 bits per heavy atom. The Labute approximate surface area is 89.1 Å². The molecule has 15 heavy (non-hydrogen) atoms. The van der Waals surface area contributed by atoms with Crippen molar-refractivity contribution in [3.05, 3.63) is 24.8 Å². The predicted octanol–water partition coefficient (Wildman–Crippen LogP) is 1.72. The summed E-state index contributed by atoms with van der Waals surface area (Å²) < 4.78 is 0. The minimum atomic E-state index is 0.963. The van der Waals surface area contributed by atoms with Gasteiger partial charge in [-0.3, -0.25) is 0 Å². The van der Waals surface area contributed by atoms with E-state index in [9.17, 15) is 0 Å². The summed E-state index contributed by atoms with van der Waals surface area (Å²) in [6, 6.07) is 1.91. The van der Waals surface area contributed by atoms with E-state index in [0.29, 0.717) is 0 Å². The molecule has 0 aromatic carbocycles. The highest BCUT2D eigenvalue weighted by Gasteiger charge is 1.93. The van der Waals surface area contributed by atoms with Gasteiger partial charge >= 0.3 is 0 Å². The quantitative estimate of drug-likeness (QED) is 0.687. The second kappa shape index (κ2) is 5.46. The van der Waals surface area contributed by atoms with E-state index in [1.54, 1.807) is 6.20 Å². The topological polar surface area (TPSA) is 53.6 Å². The van der Waals surface area contributed by atoms with Crippen molar-refractivity contribution in [3.63, 3.8) is 0 Å². The second-order valence-corrected chi connectivity index (χ2v) is 3.61. The molecule has 0 spiro atoms. The molecule has 2 N–H and O–H groups in total. The lowest BCUT2D eigenvalue weighted by atomic mass is 10.2. The van der Waals surface area contributed by atoms with Crippen LogP contribution in [0.25, 0.3) is 11.0 Å². The molecule has 0 radical (unpaired) electrons. The third kappa shape index (κ3) is 3.02. The van der Waals surface area contributed by atoms with Gasteiger partial charge in [0.2, 0.25) is 0 Å². The average Bonchev–Trinajstić information content (AvgIpc) is 2.80. The fourth-order valence-corrected chi connectivity index (χ4v) is 1.60. The molecule has 1 aliphatic rings. The normalized spacial score (nSPS) is 15.7. The molecular weight excluding hydrogens is 188 g/mol. The van der Waals surface area contributed by atoms with E-state index in [1.807, 2.05) is 12.3 Å². The van der Waals surface area contributed by atoms with Crippen LogP contribution in [-0.2, 0) is 0 Å². The molecule has 0 amide bonds. The van der Waals surface area contributed by atoms with Crippen molar-refractivity contribution < 1.29 is 0 Å². The summed E-state index contributed by atoms with van der Waals surface area (Å²) in [6.45, 7) is 2.50. The standard InChI is InChI=1S/C6H5N3.C5H11N/c1-2-8-6-3-7-4-9-5(1)6;1-2-4-6-5-3-1/h1-4,8H;6H,1-5H2. The first-order valence-electron chi connectivity index (χ1n) is 5.40. The van der Waals surface area contributed by atoms with Crippen LogP contribution in [0.1, 0.15) is 19.3 Å². The molecule has 2 aromatic rings. The maximum Gasteiger partial charge on any atom is 0.116 e. The van der Waals surface area contributed by atoms with E-state index in [2.05, 4.69) is 20.3 Å². The molecule has 0 bridgehead atoms. The number of nitrogens with one attached hydrogen (secondary N) is 2. The fourth-order valence-electron chi connectivity index (χ4n) is 1.60. The molecule has 4 heteroatoms. The lowest BCUT2D eigenvalue weighted by Crippen LogP contribution is -2.21. The number of H-pyrrole nitrogens is 1. The van der Waals surface area contributed by atoms with Crippen molar-refractivity contribution >= 4 is 11.0 Å². The molecule has 3 heterocycles. The molecule has 0 saturated carbocycles. The summed E-state index contributed by atoms with van der Waals surface area (Å²) in [4.78, 5) is 10.8. The number of hydrogen-bond acceptors (Lipinski definition) is 3. The van der Waals surface area contributed by atoms with Crippen molar-refractivity contribution in [2.24, 2.45) is 0 Å². The maximum absolute atomic E-state index is 4.00. The second-order valence-electron chi connectivity index (χ2n) is 3.61. The monoisotopic (exact) mass is 204 g/mol. The molecule has 4 nitrogen and oxygen atoms in total. The number of hydrogen-bond donors (Lipinski definition) is 2. The smallest absolute Gasteiger partial charge is 0.116 e. The van der Waals surface area contributed by atoms with Gasteiger partial charge in [0.05, 0.1) is 17.2 Å². The van der Waals surface area contributed by atoms with Gasteiger partial charge in [0, 0.05) is 6.20 Å². The summed E-state index contributed by atoms with van der Waals surface area (Å²) in [5.41, 5.74) is 1.95. The van der Waals surface area contributed by atoms with Gasteiger partial charge in [-0.15, -0.1) is 0 Å². The first-order valence-corrected chi connectivity index (χ1v) is 5.40. The molecule has 0 unspecified atom stereocenters. The number of aromatic amines is 1. The van der Waals surface area contributed by atoms with E-state index in [-0.39, 0.29) is 0 Å². The molecule has 80 valence electrons. The highest BCUT2D eigenvalue weighted by atomic mass is 14.9. The molecule has 0 aliphatic carbocycles. The first kappa shape index (κ1) is 10.1. The lowest BCUT2D eigenvalue weighted by molar-refractivity contribution is 0.520. The summed E-state index contributed by atoms with van der Waals surface area (Å²) in [6.07, 6.45) is 9.35. The minimum absolute atomic E-state index is 0.963. The molecule has 1 saturated heterocycles. The Bertz CT molecular complexity index is 350. The first-order chi connectivity index (χ1) is 7.47. The summed E-state index contributed by atoms with van der Waals surface area (Å²) in [5.74, 6) is 0. The van der Waals surface area contributed by atoms with Gasteiger partial charge in [-0.05, 0) is 32.0 Å². The van der Waals surface area contributed by atoms with Crippen LogP contribution in [0.4, 0.5) is 0 Å². The molecule has 3 rings (SSSR count). The van der Waals surface area contributed by atoms with Crippen LogP contribution in [0.15, 0.2) is 24.8 Å². The van der Waals surface area contributed by atoms with Gasteiger partial charge in [0.1, 0.15) is 6.33 Å². The van der Waals surface area contributed by atoms with Crippen LogP contribution in [0.3, 0.4) is 0 Å². The highest BCUT2D eigenvalue weighted by Crippen LogP contribution is 2.03. The van der Waals surface area contributed by atoms with Gasteiger partial charge in [-0.1, -0.05) is 6.42 Å². The fraction of sp³-hybridized carbons (Fsp3) is 0.455. The maximum atomic E-state index is 4.00. The minimum Gasteiger partial charge on any atom is -0.359 e. The van der Waals surface area contributed by atoms with Crippen molar-refractivity contribution in [2.45, 2.75) is 19.3 Å². The van der Waals surface area contributed by atoms with Crippen LogP contribution in [0.2, 0.25) is 0 Å². The number of rotatable bonds is 0. The SMILES string of the molecule is C1CCNCC1.c1ncc2[nH]ccc2n1. The zero-order valence-electron chi connectivity index (χ0n) is 8.74. The Morgan fingerprint density at radius 2 is 2.00 bits per heavy atom. The zero-order chi connectivity index (χ0) is 10.3. The van der Waals surface area contributed by atoms with Gasteiger partial charge < -0.3 is 10.3 Å². The molecule has 1 fully saturated rings. The Morgan fingerprint density at radius 1 is 1.13 bits per heavy atom. The van der Waals surface area contributed by atoms with E-state index < -0.39 is 0 Å². The Kier molecular flexibility index (Phi) is 3.68. The van der Waals surface area contributed by atoms with Crippen molar-refractivity contribution in [1.29, 1.82) is 0 Å². The Balaban J connectivity index is 0.000000124. The number of fused-ring (bicyclic) bond motifs is 1. The van der Waals surface area contributed by atoms with Gasteiger partial charge in [0.25, 0.3) is 0 Å². The zero-order valence-corrected chi connectivity index (χ0v) is 8.74. The van der Waals surface area contributed by atoms with Crippen LogP contribution in [0.5, 0.6) is 0 Å². The molecule has 0 atom stereocenters. The highest BCUT2D eigenvalue weighted by molar-refractivity contribution is 5.72. The van der Waals surface area contributed by atoms with Gasteiger partial charge in [0.15, 0.2) is 0 Å². The predicted molar refractivity (Wildman–Crippen MR) is 60.6 cm³/mol. The van der Waals surface area contributed by atoms with Crippen molar-refractivity contribution in [3.8, 4) is 0 Å². The number of nitrogens with zero attached hydrogens (tertiary/aromatic N) is 2. The van der Waals surface area contributed by atoms with Crippen molar-refractivity contribution in [2.75, 3.05) is 13.1 Å². The largest absolute Gasteiger partial charge is 0.359 e. The van der Waals surface area contributed by atoms with Crippen LogP contribution in [0, 0.1) is 0 Å². The summed E-state index contributed by atoms with van der Waals surface area (Å²) in [5, 5.41) is 3.28. The van der Waals surface area contributed by atoms with E-state index in [1.165, 1.54) is 38.7 Å². The summed E-state index contributed by atoms with van der Waals surface area (Å²) >= 11 is 0. The summed E-state index contributed by atoms with van der Waals surface area (Å²) in [7, 11) is 0.